The lowest BCUT2D eigenvalue weighted by atomic mass is 9.90. The van der Waals surface area contributed by atoms with Crippen LogP contribution in [0.3, 0.4) is 0 Å². The fourth-order valence-electron chi connectivity index (χ4n) is 5.91. The molecule has 0 amide bonds. The molecule has 0 radical (unpaired) electrons. The van der Waals surface area contributed by atoms with E-state index in [1.165, 1.54) is 12.1 Å². The Labute approximate surface area is 230 Å². The van der Waals surface area contributed by atoms with Crippen LogP contribution in [0.25, 0.3) is 44.0 Å². The second-order valence-corrected chi connectivity index (χ2v) is 11.5. The number of benzene rings is 3. The lowest BCUT2D eigenvalue weighted by Gasteiger charge is -2.28. The lowest BCUT2D eigenvalue weighted by molar-refractivity contribution is 0.381. The number of aromatic amines is 1. The summed E-state index contributed by atoms with van der Waals surface area (Å²) in [5, 5.41) is 14.8. The molecule has 2 N–H and O–H groups in total. The van der Waals surface area contributed by atoms with Gasteiger partial charge in [-0.1, -0.05) is 35.9 Å². The molecule has 40 heavy (non-hydrogen) atoms. The molecule has 3 aromatic carbocycles. The van der Waals surface area contributed by atoms with Gasteiger partial charge in [-0.25, -0.2) is 0 Å². The highest BCUT2D eigenvalue weighted by atomic mass is 32.3. The lowest BCUT2D eigenvalue weighted by Crippen LogP contribution is -2.30. The summed E-state index contributed by atoms with van der Waals surface area (Å²) in [7, 11) is -5.18. The summed E-state index contributed by atoms with van der Waals surface area (Å²) in [4.78, 5) is 17.6. The van der Waals surface area contributed by atoms with E-state index in [0.717, 1.165) is 53.5 Å². The van der Waals surface area contributed by atoms with Crippen LogP contribution in [0, 0.1) is 11.3 Å². The standard InChI is InChI=1S/C30H27FN4O4S/c1-17(2)23-14-25-27(15-24(23)19-4-3-5-21(13-19)39-40(31,37)38)35(20-8-10-33-11-9-20)30-28(29(25)36)22-7-6-18(16-32)12-26(22)34-30/h3-7,12-15,17,20,33-34H,8-11H2,1-2H3. The smallest absolute Gasteiger partial charge is 0.358 e. The van der Waals surface area contributed by atoms with Crippen LogP contribution in [0.15, 0.2) is 59.4 Å². The van der Waals surface area contributed by atoms with E-state index in [-0.39, 0.29) is 23.1 Å². The van der Waals surface area contributed by atoms with Gasteiger partial charge in [-0.2, -0.15) is 13.7 Å². The van der Waals surface area contributed by atoms with Gasteiger partial charge in [-0.15, -0.1) is 0 Å². The fraction of sp³-hybridized carbons (Fsp3) is 0.267. The predicted molar refractivity (Wildman–Crippen MR) is 154 cm³/mol. The average Bonchev–Trinajstić information content (AvgIpc) is 3.31. The minimum absolute atomic E-state index is 0.0254. The first kappa shape index (κ1) is 26.0. The number of piperidine rings is 1. The van der Waals surface area contributed by atoms with Crippen molar-refractivity contribution in [2.45, 2.75) is 38.6 Å². The van der Waals surface area contributed by atoms with Crippen LogP contribution in [0.2, 0.25) is 0 Å². The minimum atomic E-state index is -5.18. The van der Waals surface area contributed by atoms with Gasteiger partial charge in [0.15, 0.2) is 5.43 Å². The maximum Gasteiger partial charge on any atom is 0.488 e. The topological polar surface area (TPSA) is 117 Å². The molecule has 10 heteroatoms. The number of hydrogen-bond acceptors (Lipinski definition) is 6. The molecular weight excluding hydrogens is 531 g/mol. The van der Waals surface area contributed by atoms with Crippen molar-refractivity contribution in [3.8, 4) is 22.9 Å². The number of pyridine rings is 1. The third-order valence-corrected chi connectivity index (χ3v) is 8.08. The molecule has 0 aliphatic carbocycles. The molecule has 5 aromatic rings. The summed E-state index contributed by atoms with van der Waals surface area (Å²) in [5.74, 6) is -0.109. The fourth-order valence-corrected chi connectivity index (χ4v) is 6.24. The Morgan fingerprint density at radius 2 is 1.85 bits per heavy atom. The van der Waals surface area contributed by atoms with Gasteiger partial charge in [0.1, 0.15) is 11.4 Å². The van der Waals surface area contributed by atoms with Crippen molar-refractivity contribution >= 4 is 43.3 Å². The highest BCUT2D eigenvalue weighted by molar-refractivity contribution is 7.81. The van der Waals surface area contributed by atoms with Gasteiger partial charge >= 0.3 is 10.5 Å². The van der Waals surface area contributed by atoms with E-state index in [9.17, 15) is 22.4 Å². The number of nitriles is 1. The van der Waals surface area contributed by atoms with Gasteiger partial charge < -0.3 is 19.1 Å². The van der Waals surface area contributed by atoms with Gasteiger partial charge in [-0.05, 0) is 84.9 Å². The molecule has 0 atom stereocenters. The maximum absolute atomic E-state index is 14.1. The number of aromatic nitrogens is 2. The van der Waals surface area contributed by atoms with Crippen molar-refractivity contribution in [1.82, 2.24) is 14.9 Å². The minimum Gasteiger partial charge on any atom is -0.358 e. The van der Waals surface area contributed by atoms with E-state index < -0.39 is 10.5 Å². The quantitative estimate of drug-likeness (QED) is 0.263. The Balaban J connectivity index is 1.71. The Hall–Kier alpha value is -4.20. The molecule has 204 valence electrons. The summed E-state index contributed by atoms with van der Waals surface area (Å²) in [6.07, 6.45) is 1.73. The average molecular weight is 559 g/mol. The third kappa shape index (κ3) is 4.51. The van der Waals surface area contributed by atoms with Crippen LogP contribution in [0.4, 0.5) is 3.89 Å². The van der Waals surface area contributed by atoms with Crippen LogP contribution >= 0.6 is 0 Å². The van der Waals surface area contributed by atoms with Gasteiger partial charge in [0.25, 0.3) is 0 Å². The zero-order chi connectivity index (χ0) is 28.2. The van der Waals surface area contributed by atoms with Crippen molar-refractivity contribution in [3.63, 3.8) is 0 Å². The second kappa shape index (κ2) is 9.77. The summed E-state index contributed by atoms with van der Waals surface area (Å²) >= 11 is 0. The Bertz CT molecular complexity index is 2020. The van der Waals surface area contributed by atoms with Crippen molar-refractivity contribution in [1.29, 1.82) is 5.26 Å². The first-order valence-electron chi connectivity index (χ1n) is 13.2. The van der Waals surface area contributed by atoms with Crippen LogP contribution in [0.1, 0.15) is 49.8 Å². The van der Waals surface area contributed by atoms with Crippen LogP contribution in [-0.2, 0) is 10.5 Å². The van der Waals surface area contributed by atoms with Gasteiger partial charge in [-0.3, -0.25) is 4.79 Å². The zero-order valence-electron chi connectivity index (χ0n) is 22.0. The molecule has 3 heterocycles. The molecule has 0 bridgehead atoms. The summed E-state index contributed by atoms with van der Waals surface area (Å²) < 4.78 is 42.3. The van der Waals surface area contributed by atoms with E-state index >= 15 is 0 Å². The van der Waals surface area contributed by atoms with Crippen molar-refractivity contribution in [2.75, 3.05) is 13.1 Å². The second-order valence-electron chi connectivity index (χ2n) is 10.5. The summed E-state index contributed by atoms with van der Waals surface area (Å²) in [5.41, 5.74) is 4.93. The van der Waals surface area contributed by atoms with Crippen LogP contribution in [-0.4, -0.2) is 31.1 Å². The van der Waals surface area contributed by atoms with Crippen LogP contribution in [0.5, 0.6) is 5.75 Å². The summed E-state index contributed by atoms with van der Waals surface area (Å²) in [6.45, 7) is 5.73. The van der Waals surface area contributed by atoms with Crippen molar-refractivity contribution < 1.29 is 16.5 Å². The van der Waals surface area contributed by atoms with Crippen LogP contribution < -0.4 is 14.9 Å². The number of fused-ring (bicyclic) bond motifs is 4. The number of H-pyrrole nitrogens is 1. The molecule has 0 spiro atoms. The molecule has 0 saturated carbocycles. The molecule has 8 nitrogen and oxygen atoms in total. The van der Waals surface area contributed by atoms with E-state index in [4.69, 9.17) is 0 Å². The van der Waals surface area contributed by atoms with Crippen molar-refractivity contribution in [2.24, 2.45) is 0 Å². The Kier molecular flexibility index (Phi) is 6.36. The first-order chi connectivity index (χ1) is 19.1. The molecular formula is C30H27FN4O4S. The highest BCUT2D eigenvalue weighted by Crippen LogP contribution is 2.38. The number of rotatable bonds is 5. The van der Waals surface area contributed by atoms with Gasteiger partial charge in [0, 0.05) is 22.3 Å². The molecule has 1 saturated heterocycles. The maximum atomic E-state index is 14.1. The molecule has 2 aromatic heterocycles. The van der Waals surface area contributed by atoms with E-state index in [1.807, 2.05) is 38.1 Å². The monoisotopic (exact) mass is 558 g/mol. The number of nitrogens with zero attached hydrogens (tertiary/aromatic N) is 2. The Morgan fingerprint density at radius 1 is 1.07 bits per heavy atom. The summed E-state index contributed by atoms with van der Waals surface area (Å²) in [6, 6.07) is 17.8. The first-order valence-corrected chi connectivity index (χ1v) is 14.5. The van der Waals surface area contributed by atoms with E-state index in [2.05, 4.69) is 25.1 Å². The molecule has 1 aliphatic heterocycles. The van der Waals surface area contributed by atoms with Gasteiger partial charge in [0.2, 0.25) is 0 Å². The normalized spacial score (nSPS) is 14.8. The number of hydrogen-bond donors (Lipinski definition) is 2. The molecule has 0 unspecified atom stereocenters. The zero-order valence-corrected chi connectivity index (χ0v) is 22.8. The SMILES string of the molecule is CC(C)c1cc2c(=O)c3c4ccc(C#N)cc4[nH]c3n(C3CCNCC3)c2cc1-c1cccc(OS(=O)(=O)F)c1. The molecule has 6 rings (SSSR count). The van der Waals surface area contributed by atoms with E-state index in [1.54, 1.807) is 18.2 Å². The largest absolute Gasteiger partial charge is 0.488 e. The molecule has 1 aliphatic rings. The van der Waals surface area contributed by atoms with E-state index in [0.29, 0.717) is 27.5 Å². The van der Waals surface area contributed by atoms with Crippen molar-refractivity contribution in [3.05, 3.63) is 75.9 Å². The Morgan fingerprint density at radius 3 is 2.55 bits per heavy atom. The third-order valence-electron chi connectivity index (χ3n) is 7.68. The number of nitrogens with one attached hydrogen (secondary N) is 2. The number of halogens is 1. The molecule has 1 fully saturated rings. The highest BCUT2D eigenvalue weighted by Gasteiger charge is 2.25. The predicted octanol–water partition coefficient (Wildman–Crippen LogP) is 5.82. The van der Waals surface area contributed by atoms with Gasteiger partial charge in [0.05, 0.1) is 22.5 Å².